The minimum Gasteiger partial charge on any atom is -0.465 e. The van der Waals surface area contributed by atoms with Crippen molar-refractivity contribution in [3.8, 4) is 6.07 Å². The van der Waals surface area contributed by atoms with Crippen LogP contribution in [0, 0.1) is 34.6 Å². The Hall–Kier alpha value is -2.63. The van der Waals surface area contributed by atoms with Crippen LogP contribution in [0.25, 0.3) is 0 Å². The molecule has 1 rings (SSSR count). The number of carbonyl (C=O) groups is 2. The molecule has 136 valence electrons. The molecule has 0 bridgehead atoms. The van der Waals surface area contributed by atoms with Crippen LogP contribution in [-0.4, -0.2) is 25.2 Å². The van der Waals surface area contributed by atoms with E-state index in [1.807, 2.05) is 0 Å². The van der Waals surface area contributed by atoms with Crippen LogP contribution in [0.5, 0.6) is 0 Å². The van der Waals surface area contributed by atoms with Crippen LogP contribution in [-0.2, 0) is 19.1 Å². The summed E-state index contributed by atoms with van der Waals surface area (Å²) in [4.78, 5) is 24.0. The summed E-state index contributed by atoms with van der Waals surface area (Å²) in [6.07, 6.45) is 0.674. The number of esters is 2. The highest BCUT2D eigenvalue weighted by Gasteiger charge is 2.40. The third-order valence-corrected chi connectivity index (χ3v) is 3.07. The normalized spacial score (nSPS) is 10.5. The van der Waals surface area contributed by atoms with Gasteiger partial charge in [-0.1, -0.05) is 13.8 Å². The van der Waals surface area contributed by atoms with Crippen molar-refractivity contribution in [1.82, 2.24) is 0 Å². The molecule has 0 amide bonds. The van der Waals surface area contributed by atoms with Crippen molar-refractivity contribution in [2.75, 3.05) is 13.2 Å². The van der Waals surface area contributed by atoms with Crippen LogP contribution < -0.4 is 0 Å². The zero-order valence-corrected chi connectivity index (χ0v) is 13.5. The number of carbonyl (C=O) groups excluding carboxylic acids is 2. The van der Waals surface area contributed by atoms with Crippen molar-refractivity contribution in [3.05, 3.63) is 34.4 Å². The fourth-order valence-corrected chi connectivity index (χ4v) is 1.90. The van der Waals surface area contributed by atoms with Crippen molar-refractivity contribution >= 4 is 11.9 Å². The highest BCUT2D eigenvalue weighted by Crippen LogP contribution is 2.31. The monoisotopic (exact) mass is 361 g/mol. The first-order valence-corrected chi connectivity index (χ1v) is 7.40. The van der Waals surface area contributed by atoms with Crippen LogP contribution in [0.4, 0.5) is 17.6 Å². The highest BCUT2D eigenvalue weighted by atomic mass is 19.2. The SMILES string of the molecule is CCCOC(=O)C(C(=O)OCCC)c1c(F)c(F)c(C#N)c(F)c1F. The predicted octanol–water partition coefficient (Wildman–Crippen LogP) is 3.10. The van der Waals surface area contributed by atoms with E-state index in [1.165, 1.54) is 0 Å². The molecule has 0 N–H and O–H groups in total. The van der Waals surface area contributed by atoms with Gasteiger partial charge in [-0.2, -0.15) is 5.26 Å². The van der Waals surface area contributed by atoms with Gasteiger partial charge < -0.3 is 9.47 Å². The zero-order chi connectivity index (χ0) is 19.1. The average molecular weight is 361 g/mol. The molecule has 1 aromatic carbocycles. The van der Waals surface area contributed by atoms with Gasteiger partial charge in [0.2, 0.25) is 0 Å². The van der Waals surface area contributed by atoms with Crippen LogP contribution in [0.2, 0.25) is 0 Å². The Labute approximate surface area is 141 Å². The standard InChI is InChI=1S/C16H15F4NO4/c1-3-5-24-15(22)10(16(23)25-6-4-2)9-13(19)11(17)8(7-21)12(18)14(9)20/h10H,3-6H2,1-2H3. The molecule has 0 aliphatic rings. The quantitative estimate of drug-likeness (QED) is 0.323. The second-order valence-electron chi connectivity index (χ2n) is 4.92. The molecule has 0 radical (unpaired) electrons. The molecular weight excluding hydrogens is 346 g/mol. The van der Waals surface area contributed by atoms with Crippen molar-refractivity contribution in [2.24, 2.45) is 0 Å². The van der Waals surface area contributed by atoms with E-state index in [9.17, 15) is 27.2 Å². The summed E-state index contributed by atoms with van der Waals surface area (Å²) in [5, 5.41) is 8.58. The summed E-state index contributed by atoms with van der Waals surface area (Å²) in [5.74, 6) is -13.2. The largest absolute Gasteiger partial charge is 0.465 e. The molecule has 1 aromatic rings. The summed E-state index contributed by atoms with van der Waals surface area (Å²) in [6.45, 7) is 2.89. The van der Waals surface area contributed by atoms with Gasteiger partial charge in [-0.3, -0.25) is 9.59 Å². The number of hydrogen-bond acceptors (Lipinski definition) is 5. The van der Waals surface area contributed by atoms with Crippen LogP contribution >= 0.6 is 0 Å². The number of rotatable bonds is 7. The number of benzene rings is 1. The summed E-state index contributed by atoms with van der Waals surface area (Å²) < 4.78 is 65.2. The minimum absolute atomic E-state index is 0.180. The van der Waals surface area contributed by atoms with Crippen LogP contribution in [0.1, 0.15) is 43.7 Å². The fraction of sp³-hybridized carbons (Fsp3) is 0.438. The first-order chi connectivity index (χ1) is 11.8. The molecule has 0 spiro atoms. The smallest absolute Gasteiger partial charge is 0.325 e. The summed E-state index contributed by atoms with van der Waals surface area (Å²) in [7, 11) is 0. The van der Waals surface area contributed by atoms with Gasteiger partial charge in [-0.15, -0.1) is 0 Å². The maximum atomic E-state index is 14.2. The maximum Gasteiger partial charge on any atom is 0.325 e. The molecule has 9 heteroatoms. The van der Waals surface area contributed by atoms with E-state index in [-0.39, 0.29) is 13.2 Å². The first kappa shape index (κ1) is 20.4. The lowest BCUT2D eigenvalue weighted by atomic mass is 9.95. The Balaban J connectivity index is 3.52. The van der Waals surface area contributed by atoms with Gasteiger partial charge in [0.25, 0.3) is 0 Å². The van der Waals surface area contributed by atoms with Crippen LogP contribution in [0.3, 0.4) is 0 Å². The molecule has 0 aliphatic carbocycles. The minimum atomic E-state index is -2.35. The van der Waals surface area contributed by atoms with Gasteiger partial charge in [-0.25, -0.2) is 17.6 Å². The predicted molar refractivity (Wildman–Crippen MR) is 76.2 cm³/mol. The molecule has 0 fully saturated rings. The lowest BCUT2D eigenvalue weighted by Gasteiger charge is -2.17. The summed E-state index contributed by atoms with van der Waals surface area (Å²) in [5.41, 5.74) is -2.99. The van der Waals surface area contributed by atoms with Gasteiger partial charge in [0.1, 0.15) is 11.6 Å². The van der Waals surface area contributed by atoms with E-state index >= 15 is 0 Å². The van der Waals surface area contributed by atoms with Crippen molar-refractivity contribution in [1.29, 1.82) is 5.26 Å². The molecule has 0 unspecified atom stereocenters. The Morgan fingerprint density at radius 1 is 0.920 bits per heavy atom. The number of hydrogen-bond donors (Lipinski definition) is 0. The van der Waals surface area contributed by atoms with E-state index in [1.54, 1.807) is 13.8 Å². The molecule has 0 saturated carbocycles. The molecule has 0 atom stereocenters. The fourth-order valence-electron chi connectivity index (χ4n) is 1.90. The van der Waals surface area contributed by atoms with Gasteiger partial charge in [0, 0.05) is 0 Å². The Morgan fingerprint density at radius 3 is 1.64 bits per heavy atom. The maximum absolute atomic E-state index is 14.2. The molecule has 5 nitrogen and oxygen atoms in total. The third kappa shape index (κ3) is 4.26. The van der Waals surface area contributed by atoms with E-state index < -0.39 is 52.3 Å². The van der Waals surface area contributed by atoms with E-state index in [2.05, 4.69) is 9.47 Å². The summed E-state index contributed by atoms with van der Waals surface area (Å²) >= 11 is 0. The molecule has 0 aromatic heterocycles. The van der Waals surface area contributed by atoms with Crippen molar-refractivity contribution in [2.45, 2.75) is 32.6 Å². The zero-order valence-electron chi connectivity index (χ0n) is 13.5. The average Bonchev–Trinajstić information content (AvgIpc) is 2.60. The Bertz CT molecular complexity index is 666. The second-order valence-corrected chi connectivity index (χ2v) is 4.92. The molecular formula is C16H15F4NO4. The lowest BCUT2D eigenvalue weighted by Crippen LogP contribution is -2.29. The van der Waals surface area contributed by atoms with Gasteiger partial charge in [0.05, 0.1) is 18.8 Å². The lowest BCUT2D eigenvalue weighted by molar-refractivity contribution is -0.157. The van der Waals surface area contributed by atoms with Crippen molar-refractivity contribution in [3.63, 3.8) is 0 Å². The van der Waals surface area contributed by atoms with Crippen LogP contribution in [0.15, 0.2) is 0 Å². The third-order valence-electron chi connectivity index (χ3n) is 3.07. The number of halogens is 4. The second kappa shape index (κ2) is 9.01. The highest BCUT2D eigenvalue weighted by molar-refractivity contribution is 6.01. The Morgan fingerprint density at radius 2 is 1.32 bits per heavy atom. The molecule has 0 saturated heterocycles. The van der Waals surface area contributed by atoms with Crippen molar-refractivity contribution < 1.29 is 36.6 Å². The first-order valence-electron chi connectivity index (χ1n) is 7.40. The van der Waals surface area contributed by atoms with E-state index in [4.69, 9.17) is 5.26 Å². The van der Waals surface area contributed by atoms with Gasteiger partial charge in [0.15, 0.2) is 29.2 Å². The summed E-state index contributed by atoms with van der Waals surface area (Å²) in [6, 6.07) is 0.976. The van der Waals surface area contributed by atoms with E-state index in [0.29, 0.717) is 12.8 Å². The molecule has 0 aliphatic heterocycles. The van der Waals surface area contributed by atoms with Gasteiger partial charge in [-0.05, 0) is 12.8 Å². The molecule has 25 heavy (non-hydrogen) atoms. The topological polar surface area (TPSA) is 76.4 Å². The molecule has 0 heterocycles. The number of nitrogens with zero attached hydrogens (tertiary/aromatic N) is 1. The Kier molecular flexibility index (Phi) is 7.36. The number of ether oxygens (including phenoxy) is 2. The van der Waals surface area contributed by atoms with E-state index in [0.717, 1.165) is 6.07 Å². The number of nitriles is 1. The van der Waals surface area contributed by atoms with Gasteiger partial charge >= 0.3 is 11.9 Å².